The molecule has 21 heavy (non-hydrogen) atoms. The Morgan fingerprint density at radius 3 is 1.33 bits per heavy atom. The van der Waals surface area contributed by atoms with Gasteiger partial charge in [-0.3, -0.25) is 0 Å². The molecule has 2 saturated carbocycles. The van der Waals surface area contributed by atoms with Crippen molar-refractivity contribution >= 4 is 12.2 Å². The molecule has 0 saturated heterocycles. The molecule has 0 heterocycles. The van der Waals surface area contributed by atoms with E-state index in [0.717, 1.165) is 51.4 Å². The van der Waals surface area contributed by atoms with Crippen LogP contribution in [0.15, 0.2) is 9.98 Å². The van der Waals surface area contributed by atoms with Gasteiger partial charge in [-0.1, -0.05) is 0 Å². The van der Waals surface area contributed by atoms with Crippen LogP contribution in [0.5, 0.6) is 0 Å². The van der Waals surface area contributed by atoms with Crippen molar-refractivity contribution in [3.8, 4) is 0 Å². The Bertz CT molecular complexity index is 397. The van der Waals surface area contributed by atoms with Crippen LogP contribution in [-0.4, -0.2) is 29.9 Å². The summed E-state index contributed by atoms with van der Waals surface area (Å²) >= 11 is 0. The predicted molar refractivity (Wildman–Crippen MR) is 78.8 cm³/mol. The molecule has 116 valence electrons. The Morgan fingerprint density at radius 1 is 0.714 bits per heavy atom. The van der Waals surface area contributed by atoms with Gasteiger partial charge in [-0.25, -0.2) is 9.59 Å². The van der Waals surface area contributed by atoms with Gasteiger partial charge in [0.2, 0.25) is 12.2 Å². The van der Waals surface area contributed by atoms with Crippen LogP contribution < -0.4 is 11.5 Å². The topological polar surface area (TPSA) is 111 Å². The highest BCUT2D eigenvalue weighted by atomic mass is 16.1. The fraction of sp³-hybridized carbons (Fsp3) is 0.867. The summed E-state index contributed by atoms with van der Waals surface area (Å²) in [5.41, 5.74) is 10.9. The van der Waals surface area contributed by atoms with Crippen molar-refractivity contribution in [2.24, 2.45) is 33.3 Å². The molecule has 0 spiro atoms. The first-order valence-electron chi connectivity index (χ1n) is 7.81. The van der Waals surface area contributed by atoms with Crippen LogP contribution in [0.4, 0.5) is 0 Å². The Hall–Kier alpha value is -1.32. The first-order valence-corrected chi connectivity index (χ1v) is 7.81. The van der Waals surface area contributed by atoms with Gasteiger partial charge < -0.3 is 11.5 Å². The minimum atomic E-state index is -0.996. The van der Waals surface area contributed by atoms with E-state index < -0.39 is 5.66 Å². The lowest BCUT2D eigenvalue weighted by molar-refractivity contribution is 0.106. The lowest BCUT2D eigenvalue weighted by Crippen LogP contribution is -2.47. The van der Waals surface area contributed by atoms with E-state index in [1.807, 2.05) is 0 Å². The fourth-order valence-electron chi connectivity index (χ4n) is 3.96. The molecular weight excluding hydrogens is 268 g/mol. The summed E-state index contributed by atoms with van der Waals surface area (Å²) < 4.78 is 0. The maximum absolute atomic E-state index is 11.0. The number of aliphatic imine (C=N–C) groups is 2. The smallest absolute Gasteiger partial charge is 0.237 e. The van der Waals surface area contributed by atoms with Crippen LogP contribution in [-0.2, 0) is 9.59 Å². The lowest BCUT2D eigenvalue weighted by atomic mass is 9.68. The van der Waals surface area contributed by atoms with E-state index in [1.54, 1.807) is 12.2 Å². The zero-order valence-corrected chi connectivity index (χ0v) is 12.3. The summed E-state index contributed by atoms with van der Waals surface area (Å²) in [6, 6.07) is 0.387. The Morgan fingerprint density at radius 2 is 1.05 bits per heavy atom. The SMILES string of the molecule is NC1CCC(C(N=C=O)(N=C=O)C2CCC(N)CC2)CC1. The number of nitrogens with two attached hydrogens (primary N) is 2. The van der Waals surface area contributed by atoms with Gasteiger partial charge in [0.05, 0.1) is 0 Å². The Labute approximate surface area is 125 Å². The maximum atomic E-state index is 11.0. The van der Waals surface area contributed by atoms with Crippen molar-refractivity contribution in [2.75, 3.05) is 0 Å². The number of hydrogen-bond donors (Lipinski definition) is 2. The van der Waals surface area contributed by atoms with Gasteiger partial charge in [-0.05, 0) is 51.4 Å². The molecule has 2 aliphatic rings. The van der Waals surface area contributed by atoms with Crippen LogP contribution >= 0.6 is 0 Å². The zero-order chi connectivity index (χ0) is 15.3. The third-order valence-corrected chi connectivity index (χ3v) is 5.19. The predicted octanol–water partition coefficient (Wildman–Crippen LogP) is 1.39. The van der Waals surface area contributed by atoms with Crippen molar-refractivity contribution in [1.29, 1.82) is 0 Å². The summed E-state index contributed by atoms with van der Waals surface area (Å²) in [7, 11) is 0. The number of nitrogens with zero attached hydrogens (tertiary/aromatic N) is 2. The van der Waals surface area contributed by atoms with Gasteiger partial charge in [-0.2, -0.15) is 9.98 Å². The highest BCUT2D eigenvalue weighted by molar-refractivity contribution is 5.40. The fourth-order valence-corrected chi connectivity index (χ4v) is 3.96. The largest absolute Gasteiger partial charge is 0.328 e. The molecule has 0 aromatic rings. The summed E-state index contributed by atoms with van der Waals surface area (Å²) in [6.07, 6.45) is 10.1. The summed E-state index contributed by atoms with van der Waals surface area (Å²) in [5.74, 6) is 0.138. The molecule has 2 aliphatic carbocycles. The number of rotatable bonds is 4. The summed E-state index contributed by atoms with van der Waals surface area (Å²) in [4.78, 5) is 30.0. The van der Waals surface area contributed by atoms with E-state index in [9.17, 15) is 9.59 Å². The molecule has 0 bridgehead atoms. The molecule has 0 unspecified atom stereocenters. The first-order chi connectivity index (χ1) is 10.1. The minimum Gasteiger partial charge on any atom is -0.328 e. The molecule has 2 fully saturated rings. The van der Waals surface area contributed by atoms with E-state index >= 15 is 0 Å². The van der Waals surface area contributed by atoms with Crippen molar-refractivity contribution in [1.82, 2.24) is 0 Å². The average Bonchev–Trinajstić information content (AvgIpc) is 2.48. The van der Waals surface area contributed by atoms with Gasteiger partial charge in [0.1, 0.15) is 0 Å². The maximum Gasteiger partial charge on any atom is 0.237 e. The standard InChI is InChI=1S/C15H24N4O2/c16-13-5-1-11(2-6-13)15(18-9-20,19-10-21)12-3-7-14(17)8-4-12/h11-14H,1-8,16-17H2. The zero-order valence-electron chi connectivity index (χ0n) is 12.3. The average molecular weight is 292 g/mol. The second-order valence-electron chi connectivity index (χ2n) is 6.41. The molecule has 2 rings (SSSR count). The van der Waals surface area contributed by atoms with Crippen molar-refractivity contribution in [3.63, 3.8) is 0 Å². The van der Waals surface area contributed by atoms with Gasteiger partial charge in [0.25, 0.3) is 0 Å². The van der Waals surface area contributed by atoms with Gasteiger partial charge in [-0.15, -0.1) is 0 Å². The summed E-state index contributed by atoms with van der Waals surface area (Å²) in [6.45, 7) is 0. The monoisotopic (exact) mass is 292 g/mol. The van der Waals surface area contributed by atoms with E-state index in [2.05, 4.69) is 9.98 Å². The van der Waals surface area contributed by atoms with E-state index in [0.29, 0.717) is 0 Å². The lowest BCUT2D eigenvalue weighted by Gasteiger charge is -2.43. The Kier molecular flexibility index (Phi) is 5.43. The second kappa shape index (κ2) is 7.10. The second-order valence-corrected chi connectivity index (χ2v) is 6.41. The third kappa shape index (κ3) is 3.47. The molecule has 6 heteroatoms. The normalized spacial score (nSPS) is 35.9. The molecule has 0 atom stereocenters. The molecule has 0 radical (unpaired) electrons. The summed E-state index contributed by atoms with van der Waals surface area (Å²) in [5, 5.41) is 0. The van der Waals surface area contributed by atoms with Gasteiger partial charge in [0, 0.05) is 23.9 Å². The van der Waals surface area contributed by atoms with Gasteiger partial charge in [0.15, 0.2) is 5.66 Å². The number of carbonyl (C=O) groups excluding carboxylic acids is 2. The quantitative estimate of drug-likeness (QED) is 0.602. The molecule has 0 aromatic heterocycles. The van der Waals surface area contributed by atoms with Crippen LogP contribution in [0.2, 0.25) is 0 Å². The van der Waals surface area contributed by atoms with Crippen molar-refractivity contribution < 1.29 is 9.59 Å². The van der Waals surface area contributed by atoms with Crippen molar-refractivity contribution in [2.45, 2.75) is 69.1 Å². The Balaban J connectivity index is 2.28. The molecule has 0 amide bonds. The number of isocyanates is 2. The molecule has 0 aliphatic heterocycles. The van der Waals surface area contributed by atoms with Crippen molar-refractivity contribution in [3.05, 3.63) is 0 Å². The third-order valence-electron chi connectivity index (χ3n) is 5.19. The first kappa shape index (κ1) is 16.1. The van der Waals surface area contributed by atoms with E-state index in [1.165, 1.54) is 0 Å². The number of hydrogen-bond acceptors (Lipinski definition) is 6. The molecule has 0 aromatic carbocycles. The van der Waals surface area contributed by atoms with Crippen LogP contribution in [0.1, 0.15) is 51.4 Å². The van der Waals surface area contributed by atoms with Crippen LogP contribution in [0.3, 0.4) is 0 Å². The van der Waals surface area contributed by atoms with E-state index in [4.69, 9.17) is 11.5 Å². The highest BCUT2D eigenvalue weighted by Crippen LogP contribution is 2.45. The molecule has 4 N–H and O–H groups in total. The molecular formula is C15H24N4O2. The highest BCUT2D eigenvalue weighted by Gasteiger charge is 2.47. The minimum absolute atomic E-state index is 0.0690. The van der Waals surface area contributed by atoms with Crippen LogP contribution in [0, 0.1) is 11.8 Å². The van der Waals surface area contributed by atoms with E-state index in [-0.39, 0.29) is 23.9 Å². The molecule has 6 nitrogen and oxygen atoms in total. The van der Waals surface area contributed by atoms with Crippen LogP contribution in [0.25, 0.3) is 0 Å². The van der Waals surface area contributed by atoms with Gasteiger partial charge >= 0.3 is 0 Å².